The van der Waals surface area contributed by atoms with Gasteiger partial charge in [0.15, 0.2) is 0 Å². The van der Waals surface area contributed by atoms with E-state index in [2.05, 4.69) is 17.5 Å². The molecular formula is C26H36N2O3. The smallest absolute Gasteiger partial charge is 0.271 e. The summed E-state index contributed by atoms with van der Waals surface area (Å²) in [5, 5.41) is 3.73. The van der Waals surface area contributed by atoms with Crippen molar-refractivity contribution in [2.75, 3.05) is 6.61 Å². The summed E-state index contributed by atoms with van der Waals surface area (Å²) < 4.78 is 11.6. The maximum atomic E-state index is 11.8. The van der Waals surface area contributed by atoms with E-state index in [9.17, 15) is 4.79 Å². The topological polar surface area (TPSA) is 59.9 Å². The molecule has 0 aliphatic carbocycles. The van der Waals surface area contributed by atoms with E-state index in [1.54, 1.807) is 31.2 Å². The van der Waals surface area contributed by atoms with Gasteiger partial charge in [-0.25, -0.2) is 5.43 Å². The lowest BCUT2D eigenvalue weighted by atomic mass is 10.1. The van der Waals surface area contributed by atoms with Gasteiger partial charge in [0.1, 0.15) is 18.1 Å². The van der Waals surface area contributed by atoms with Crippen LogP contribution in [-0.2, 0) is 6.61 Å². The molecular weight excluding hydrogens is 388 g/mol. The van der Waals surface area contributed by atoms with Crippen LogP contribution in [0.5, 0.6) is 11.5 Å². The normalized spacial score (nSPS) is 10.9. The lowest BCUT2D eigenvalue weighted by Gasteiger charge is -2.09. The molecule has 0 saturated heterocycles. The number of unbranched alkanes of at least 4 members (excludes halogenated alkanes) is 7. The first-order valence-electron chi connectivity index (χ1n) is 11.5. The van der Waals surface area contributed by atoms with E-state index >= 15 is 0 Å². The molecule has 2 aromatic rings. The molecule has 0 atom stereocenters. The number of benzene rings is 2. The van der Waals surface area contributed by atoms with Crippen LogP contribution in [-0.4, -0.2) is 18.7 Å². The fourth-order valence-electron chi connectivity index (χ4n) is 3.16. The summed E-state index contributed by atoms with van der Waals surface area (Å²) in [5.74, 6) is 1.37. The van der Waals surface area contributed by atoms with E-state index in [1.165, 1.54) is 51.2 Å². The number of nitrogens with zero attached hydrogens (tertiary/aromatic N) is 1. The second-order valence-electron chi connectivity index (χ2n) is 7.61. The predicted molar refractivity (Wildman–Crippen MR) is 127 cm³/mol. The molecule has 5 heteroatoms. The van der Waals surface area contributed by atoms with Crippen LogP contribution < -0.4 is 14.9 Å². The Hall–Kier alpha value is -2.82. The van der Waals surface area contributed by atoms with Crippen LogP contribution in [0.25, 0.3) is 0 Å². The molecule has 0 fully saturated rings. The highest BCUT2D eigenvalue weighted by Gasteiger charge is 2.04. The number of ether oxygens (including phenoxy) is 2. The van der Waals surface area contributed by atoms with E-state index < -0.39 is 0 Å². The van der Waals surface area contributed by atoms with Crippen molar-refractivity contribution in [1.29, 1.82) is 0 Å². The maximum absolute atomic E-state index is 11.8. The summed E-state index contributed by atoms with van der Waals surface area (Å²) >= 11 is 0. The van der Waals surface area contributed by atoms with Gasteiger partial charge >= 0.3 is 0 Å². The van der Waals surface area contributed by atoms with Gasteiger partial charge in [-0.15, -0.1) is 0 Å². The number of carbonyl (C=O) groups is 1. The fourth-order valence-corrected chi connectivity index (χ4v) is 3.16. The first kappa shape index (κ1) is 24.4. The van der Waals surface area contributed by atoms with Crippen LogP contribution in [0.3, 0.4) is 0 Å². The molecule has 0 aliphatic rings. The Morgan fingerprint density at radius 3 is 2.06 bits per heavy atom. The van der Waals surface area contributed by atoms with Gasteiger partial charge in [0.05, 0.1) is 6.61 Å². The van der Waals surface area contributed by atoms with Crippen LogP contribution in [0.4, 0.5) is 0 Å². The molecule has 0 heterocycles. The second kappa shape index (κ2) is 15.1. The fraction of sp³-hybridized carbons (Fsp3) is 0.462. The summed E-state index contributed by atoms with van der Waals surface area (Å²) in [7, 11) is 0. The lowest BCUT2D eigenvalue weighted by molar-refractivity contribution is 0.0955. The van der Waals surface area contributed by atoms with Crippen LogP contribution in [0, 0.1) is 0 Å². The number of nitrogens with one attached hydrogen (secondary N) is 1. The number of carbonyl (C=O) groups excluding carboxylic acids is 1. The SMILES string of the molecule is C/C=N/NC(=O)c1ccc(OCc2ccc(OCCCCCCCCCC)cc2)cc1. The number of hydrogen-bond donors (Lipinski definition) is 1. The molecule has 0 saturated carbocycles. The van der Waals surface area contributed by atoms with Crippen molar-refractivity contribution in [2.45, 2.75) is 71.8 Å². The molecule has 0 spiro atoms. The average molecular weight is 425 g/mol. The van der Waals surface area contributed by atoms with E-state index in [4.69, 9.17) is 9.47 Å². The van der Waals surface area contributed by atoms with E-state index in [-0.39, 0.29) is 5.91 Å². The molecule has 2 aromatic carbocycles. The Bertz CT molecular complexity index is 770. The molecule has 5 nitrogen and oxygen atoms in total. The Morgan fingerprint density at radius 1 is 0.839 bits per heavy atom. The van der Waals surface area contributed by atoms with Gasteiger partial charge in [0.25, 0.3) is 5.91 Å². The zero-order valence-electron chi connectivity index (χ0n) is 18.9. The minimum absolute atomic E-state index is 0.243. The first-order valence-corrected chi connectivity index (χ1v) is 11.5. The minimum Gasteiger partial charge on any atom is -0.494 e. The third kappa shape index (κ3) is 10.2. The number of rotatable bonds is 15. The summed E-state index contributed by atoms with van der Waals surface area (Å²) in [6.07, 6.45) is 11.9. The van der Waals surface area contributed by atoms with Gasteiger partial charge < -0.3 is 9.47 Å². The molecule has 1 N–H and O–H groups in total. The van der Waals surface area contributed by atoms with E-state index in [1.807, 2.05) is 24.3 Å². The van der Waals surface area contributed by atoms with Gasteiger partial charge in [-0.3, -0.25) is 4.79 Å². The standard InChI is InChI=1S/C26H36N2O3/c1-3-5-6-7-8-9-10-11-20-30-24-16-12-22(13-17-24)21-31-25-18-14-23(15-19-25)26(29)28-27-4-2/h4,12-19H,3,5-11,20-21H2,1-2H3,(H,28,29)/b27-4+. The second-order valence-corrected chi connectivity index (χ2v) is 7.61. The summed E-state index contributed by atoms with van der Waals surface area (Å²) in [6.45, 7) is 5.23. The minimum atomic E-state index is -0.243. The molecule has 1 amide bonds. The van der Waals surface area contributed by atoms with Crippen molar-refractivity contribution in [2.24, 2.45) is 5.10 Å². The highest BCUT2D eigenvalue weighted by Crippen LogP contribution is 2.17. The van der Waals surface area contributed by atoms with Crippen molar-refractivity contribution in [3.05, 3.63) is 59.7 Å². The number of hydrazone groups is 1. The summed E-state index contributed by atoms with van der Waals surface area (Å²) in [5.41, 5.74) is 4.05. The Labute approximate surface area is 186 Å². The lowest BCUT2D eigenvalue weighted by Crippen LogP contribution is -2.17. The van der Waals surface area contributed by atoms with Gasteiger partial charge in [-0.1, -0.05) is 64.0 Å². The third-order valence-corrected chi connectivity index (χ3v) is 5.01. The van der Waals surface area contributed by atoms with Crippen molar-refractivity contribution in [3.63, 3.8) is 0 Å². The molecule has 168 valence electrons. The Kier molecular flexibility index (Phi) is 11.9. The van der Waals surface area contributed by atoms with Crippen molar-refractivity contribution in [1.82, 2.24) is 5.43 Å². The monoisotopic (exact) mass is 424 g/mol. The zero-order valence-corrected chi connectivity index (χ0v) is 18.9. The van der Waals surface area contributed by atoms with Crippen LogP contribution >= 0.6 is 0 Å². The molecule has 0 aromatic heterocycles. The van der Waals surface area contributed by atoms with Gasteiger partial charge in [0, 0.05) is 11.8 Å². The molecule has 0 radical (unpaired) electrons. The van der Waals surface area contributed by atoms with Gasteiger partial charge in [-0.05, 0) is 55.3 Å². The van der Waals surface area contributed by atoms with E-state index in [0.29, 0.717) is 17.9 Å². The van der Waals surface area contributed by atoms with E-state index in [0.717, 1.165) is 24.3 Å². The molecule has 2 rings (SSSR count). The van der Waals surface area contributed by atoms with Gasteiger partial charge in [-0.2, -0.15) is 5.10 Å². The van der Waals surface area contributed by atoms with Crippen molar-refractivity contribution >= 4 is 12.1 Å². The quantitative estimate of drug-likeness (QED) is 0.201. The van der Waals surface area contributed by atoms with Crippen molar-refractivity contribution in [3.8, 4) is 11.5 Å². The predicted octanol–water partition coefficient (Wildman–Crippen LogP) is 6.52. The van der Waals surface area contributed by atoms with Crippen LogP contribution in [0.15, 0.2) is 53.6 Å². The van der Waals surface area contributed by atoms with Crippen LogP contribution in [0.2, 0.25) is 0 Å². The highest BCUT2D eigenvalue weighted by molar-refractivity contribution is 5.94. The Balaban J connectivity index is 1.63. The number of amides is 1. The first-order chi connectivity index (χ1) is 15.2. The van der Waals surface area contributed by atoms with Gasteiger partial charge in [0.2, 0.25) is 0 Å². The molecule has 0 bridgehead atoms. The van der Waals surface area contributed by atoms with Crippen LogP contribution in [0.1, 0.15) is 81.1 Å². The summed E-state index contributed by atoms with van der Waals surface area (Å²) in [4.78, 5) is 11.8. The summed E-state index contributed by atoms with van der Waals surface area (Å²) in [6, 6.07) is 15.0. The number of hydrogen-bond acceptors (Lipinski definition) is 4. The molecule has 0 aliphatic heterocycles. The third-order valence-electron chi connectivity index (χ3n) is 5.01. The average Bonchev–Trinajstić information content (AvgIpc) is 2.81. The largest absolute Gasteiger partial charge is 0.494 e. The van der Waals surface area contributed by atoms with Crippen molar-refractivity contribution < 1.29 is 14.3 Å². The maximum Gasteiger partial charge on any atom is 0.271 e. The zero-order chi connectivity index (χ0) is 22.2. The Morgan fingerprint density at radius 2 is 1.42 bits per heavy atom. The molecule has 0 unspecified atom stereocenters. The highest BCUT2D eigenvalue weighted by atomic mass is 16.5. The molecule has 31 heavy (non-hydrogen) atoms.